The molecule has 0 amide bonds. The Morgan fingerprint density at radius 1 is 1.19 bits per heavy atom. The average Bonchev–Trinajstić information content (AvgIpc) is 2.59. The minimum atomic E-state index is -0.593. The van der Waals surface area contributed by atoms with E-state index in [-0.39, 0.29) is 36.1 Å². The van der Waals surface area contributed by atoms with Gasteiger partial charge in [0, 0.05) is 11.5 Å². The van der Waals surface area contributed by atoms with Gasteiger partial charge in [-0.05, 0) is 63.3 Å². The zero-order valence-corrected chi connectivity index (χ0v) is 16.8. The second kappa shape index (κ2) is 9.86. The number of ketones is 1. The molecule has 0 spiro atoms. The van der Waals surface area contributed by atoms with Crippen molar-refractivity contribution in [1.29, 1.82) is 0 Å². The molecule has 148 valence electrons. The lowest BCUT2D eigenvalue weighted by Gasteiger charge is -2.34. The van der Waals surface area contributed by atoms with E-state index in [1.807, 2.05) is 6.08 Å². The molecule has 0 unspecified atom stereocenters. The van der Waals surface area contributed by atoms with Gasteiger partial charge in [-0.15, -0.1) is 0 Å². The maximum Gasteiger partial charge on any atom is 0.188 e. The predicted molar refractivity (Wildman–Crippen MR) is 108 cm³/mol. The Labute approximate surface area is 162 Å². The quantitative estimate of drug-likeness (QED) is 0.582. The third kappa shape index (κ3) is 6.33. The number of ether oxygens (including phenoxy) is 1. The van der Waals surface area contributed by atoms with Crippen LogP contribution in [0.5, 0.6) is 5.75 Å². The van der Waals surface area contributed by atoms with E-state index in [0.29, 0.717) is 12.0 Å². The van der Waals surface area contributed by atoms with Crippen LogP contribution in [0.1, 0.15) is 57.3 Å². The van der Waals surface area contributed by atoms with Gasteiger partial charge in [0.15, 0.2) is 5.78 Å². The molecule has 0 bridgehead atoms. The topological polar surface area (TPSA) is 66.8 Å². The van der Waals surface area contributed by atoms with Crippen molar-refractivity contribution in [1.82, 2.24) is 0 Å². The number of rotatable bonds is 5. The summed E-state index contributed by atoms with van der Waals surface area (Å²) in [5.41, 5.74) is 2.92. The number of phenols is 1. The van der Waals surface area contributed by atoms with E-state index in [2.05, 4.69) is 33.8 Å². The largest absolute Gasteiger partial charge is 0.508 e. The molecule has 4 nitrogen and oxygen atoms in total. The van der Waals surface area contributed by atoms with E-state index in [1.54, 1.807) is 12.1 Å². The molecule has 0 aliphatic heterocycles. The molecule has 3 atom stereocenters. The van der Waals surface area contributed by atoms with E-state index in [4.69, 9.17) is 4.74 Å². The van der Waals surface area contributed by atoms with Gasteiger partial charge in [0.2, 0.25) is 0 Å². The standard InChI is InChI=1S/C23H32O4/c1-15(2)23-20(25)12-16(3)6-5-7-17(4)13-22(23)27-14-21(26)18-8-10-19(24)11-9-18/h7-12,15,20,22-25H,5-6,13-14H2,1-4H3/b16-12+,17-7+/t20-,22+,23-/m0/s1. The van der Waals surface area contributed by atoms with Crippen LogP contribution in [-0.2, 0) is 4.74 Å². The maximum atomic E-state index is 12.5. The second-order valence-corrected chi connectivity index (χ2v) is 7.94. The highest BCUT2D eigenvalue weighted by Gasteiger charge is 2.32. The summed E-state index contributed by atoms with van der Waals surface area (Å²) in [5, 5.41) is 20.2. The first kappa shape index (κ1) is 21.4. The Kier molecular flexibility index (Phi) is 7.81. The lowest BCUT2D eigenvalue weighted by Crippen LogP contribution is -2.38. The number of carbonyl (C=O) groups excluding carboxylic acids is 1. The highest BCUT2D eigenvalue weighted by molar-refractivity contribution is 5.97. The molecule has 27 heavy (non-hydrogen) atoms. The molecular formula is C23H32O4. The average molecular weight is 373 g/mol. The SMILES string of the molecule is C/C1=C\[C@H](O)[C@H](C(C)C)[C@H](OCC(=O)c2ccc(O)cc2)C/C(C)=C/CC1. The molecule has 1 aromatic carbocycles. The van der Waals surface area contributed by atoms with Crippen LogP contribution in [0.25, 0.3) is 0 Å². The van der Waals surface area contributed by atoms with Gasteiger partial charge in [-0.1, -0.05) is 37.1 Å². The Bertz CT molecular complexity index is 685. The number of aromatic hydroxyl groups is 1. The van der Waals surface area contributed by atoms with E-state index in [1.165, 1.54) is 23.3 Å². The number of allylic oxidation sites excluding steroid dienone is 2. The van der Waals surface area contributed by atoms with Crippen LogP contribution in [0.15, 0.2) is 47.6 Å². The Morgan fingerprint density at radius 2 is 1.85 bits per heavy atom. The van der Waals surface area contributed by atoms with Crippen molar-refractivity contribution in [3.8, 4) is 5.75 Å². The lowest BCUT2D eigenvalue weighted by atomic mass is 9.81. The molecule has 1 aromatic rings. The van der Waals surface area contributed by atoms with Crippen molar-refractivity contribution in [2.24, 2.45) is 11.8 Å². The number of benzene rings is 1. The number of aliphatic hydroxyl groups excluding tert-OH is 1. The van der Waals surface area contributed by atoms with Crippen molar-refractivity contribution in [3.63, 3.8) is 0 Å². The molecule has 0 aromatic heterocycles. The summed E-state index contributed by atoms with van der Waals surface area (Å²) in [4.78, 5) is 12.5. The summed E-state index contributed by atoms with van der Waals surface area (Å²) in [6, 6.07) is 6.19. The first-order chi connectivity index (χ1) is 12.8. The van der Waals surface area contributed by atoms with Crippen LogP contribution in [-0.4, -0.2) is 34.8 Å². The fourth-order valence-corrected chi connectivity index (χ4v) is 3.70. The van der Waals surface area contributed by atoms with E-state index in [0.717, 1.165) is 12.8 Å². The summed E-state index contributed by atoms with van der Waals surface area (Å²) in [6.07, 6.45) is 5.94. The van der Waals surface area contributed by atoms with E-state index < -0.39 is 6.10 Å². The number of hydrogen-bond donors (Lipinski definition) is 2. The summed E-state index contributed by atoms with van der Waals surface area (Å²) in [5.74, 6) is 0.127. The molecule has 0 heterocycles. The molecule has 0 saturated heterocycles. The van der Waals surface area contributed by atoms with Crippen LogP contribution >= 0.6 is 0 Å². The van der Waals surface area contributed by atoms with Crippen molar-refractivity contribution >= 4 is 5.78 Å². The van der Waals surface area contributed by atoms with Crippen molar-refractivity contribution in [2.45, 2.75) is 59.2 Å². The number of Topliss-reactive ketones (excluding diaryl/α,β-unsaturated/α-hetero) is 1. The minimum absolute atomic E-state index is 0.0403. The molecule has 4 heteroatoms. The summed E-state index contributed by atoms with van der Waals surface area (Å²) in [6.45, 7) is 8.26. The zero-order chi connectivity index (χ0) is 20.0. The van der Waals surface area contributed by atoms with Gasteiger partial charge in [-0.3, -0.25) is 4.79 Å². The predicted octanol–water partition coefficient (Wildman–Crippen LogP) is 4.67. The maximum absolute atomic E-state index is 12.5. The molecule has 0 radical (unpaired) electrons. The highest BCUT2D eigenvalue weighted by atomic mass is 16.5. The fraction of sp³-hybridized carbons (Fsp3) is 0.522. The van der Waals surface area contributed by atoms with Crippen molar-refractivity contribution in [3.05, 3.63) is 53.1 Å². The summed E-state index contributed by atoms with van der Waals surface area (Å²) < 4.78 is 6.07. The lowest BCUT2D eigenvalue weighted by molar-refractivity contribution is -0.0348. The summed E-state index contributed by atoms with van der Waals surface area (Å²) in [7, 11) is 0. The molecule has 1 aliphatic rings. The van der Waals surface area contributed by atoms with E-state index >= 15 is 0 Å². The number of hydrogen-bond acceptors (Lipinski definition) is 4. The zero-order valence-electron chi connectivity index (χ0n) is 16.8. The molecule has 1 aliphatic carbocycles. The Balaban J connectivity index is 2.18. The van der Waals surface area contributed by atoms with Gasteiger partial charge >= 0.3 is 0 Å². The van der Waals surface area contributed by atoms with Crippen molar-refractivity contribution in [2.75, 3.05) is 6.61 Å². The van der Waals surface area contributed by atoms with Crippen LogP contribution in [0.4, 0.5) is 0 Å². The van der Waals surface area contributed by atoms with Crippen molar-refractivity contribution < 1.29 is 19.7 Å². The molecule has 0 fully saturated rings. The van der Waals surface area contributed by atoms with Gasteiger partial charge < -0.3 is 14.9 Å². The van der Waals surface area contributed by atoms with Crippen LogP contribution in [0.3, 0.4) is 0 Å². The molecular weight excluding hydrogens is 340 g/mol. The molecule has 0 saturated carbocycles. The molecule has 2 rings (SSSR count). The smallest absolute Gasteiger partial charge is 0.188 e. The van der Waals surface area contributed by atoms with Crippen LogP contribution in [0.2, 0.25) is 0 Å². The van der Waals surface area contributed by atoms with Gasteiger partial charge in [-0.25, -0.2) is 0 Å². The van der Waals surface area contributed by atoms with Gasteiger partial charge in [-0.2, -0.15) is 0 Å². The number of phenolic OH excluding ortho intramolecular Hbond substituents is 1. The Morgan fingerprint density at radius 3 is 2.48 bits per heavy atom. The van der Waals surface area contributed by atoms with Crippen LogP contribution < -0.4 is 0 Å². The number of aliphatic hydroxyl groups is 1. The Hall–Kier alpha value is -1.91. The first-order valence-electron chi connectivity index (χ1n) is 9.72. The van der Waals surface area contributed by atoms with Crippen LogP contribution in [0, 0.1) is 11.8 Å². The van der Waals surface area contributed by atoms with Gasteiger partial charge in [0.25, 0.3) is 0 Å². The fourth-order valence-electron chi connectivity index (χ4n) is 3.70. The normalized spacial score (nSPS) is 28.1. The minimum Gasteiger partial charge on any atom is -0.508 e. The first-order valence-corrected chi connectivity index (χ1v) is 9.72. The van der Waals surface area contributed by atoms with E-state index in [9.17, 15) is 15.0 Å². The number of carbonyl (C=O) groups is 1. The second-order valence-electron chi connectivity index (χ2n) is 7.94. The van der Waals surface area contributed by atoms with Gasteiger partial charge in [0.1, 0.15) is 12.4 Å². The molecule has 2 N–H and O–H groups in total. The third-order valence-corrected chi connectivity index (χ3v) is 5.22. The van der Waals surface area contributed by atoms with Gasteiger partial charge in [0.05, 0.1) is 12.2 Å². The highest BCUT2D eigenvalue weighted by Crippen LogP contribution is 2.30. The monoisotopic (exact) mass is 372 g/mol. The summed E-state index contributed by atoms with van der Waals surface area (Å²) >= 11 is 0. The third-order valence-electron chi connectivity index (χ3n) is 5.22.